The van der Waals surface area contributed by atoms with Gasteiger partial charge in [-0.1, -0.05) is 18.2 Å². The zero-order valence-corrected chi connectivity index (χ0v) is 11.6. The van der Waals surface area contributed by atoms with E-state index in [1.54, 1.807) is 25.3 Å². The van der Waals surface area contributed by atoms with E-state index in [1.165, 1.54) is 6.92 Å². The largest absolute Gasteiger partial charge is 0.496 e. The van der Waals surface area contributed by atoms with E-state index in [0.29, 0.717) is 23.6 Å². The third-order valence-corrected chi connectivity index (χ3v) is 2.96. The number of anilines is 1. The molecule has 2 N–H and O–H groups in total. The van der Waals surface area contributed by atoms with Crippen molar-refractivity contribution in [2.24, 2.45) is 0 Å². The number of methoxy groups -OCH3 is 1. The molecule has 0 saturated heterocycles. The second-order valence-electron chi connectivity index (χ2n) is 4.41. The molecular weight excluding hydrogens is 254 g/mol. The number of Topliss-reactive ketones (excluding diaryl/α,β-unsaturated/α-hetero) is 1. The summed E-state index contributed by atoms with van der Waals surface area (Å²) in [5.41, 5.74) is 7.64. The Morgan fingerprint density at radius 3 is 2.60 bits per heavy atom. The first kappa shape index (κ1) is 13.9. The monoisotopic (exact) mass is 271 g/mol. The Balaban J connectivity index is 2.21. The number of benzene rings is 2. The van der Waals surface area contributed by atoms with Crippen LogP contribution in [-0.4, -0.2) is 12.9 Å². The molecule has 2 aromatic carbocycles. The summed E-state index contributed by atoms with van der Waals surface area (Å²) in [6, 6.07) is 12.6. The molecule has 0 radical (unpaired) electrons. The summed E-state index contributed by atoms with van der Waals surface area (Å²) in [6.07, 6.45) is 0. The average Bonchev–Trinajstić information content (AvgIpc) is 2.46. The smallest absolute Gasteiger partial charge is 0.163 e. The van der Waals surface area contributed by atoms with Crippen molar-refractivity contribution < 1.29 is 14.3 Å². The minimum atomic E-state index is -0.0765. The standard InChI is InChI=1S/C16H17NO3/c1-11(18)14-9-13(17)7-8-16(14)20-10-12-5-3-4-6-15(12)19-2/h3-9H,10,17H2,1-2H3. The van der Waals surface area contributed by atoms with Crippen LogP contribution in [0, 0.1) is 0 Å². The van der Waals surface area contributed by atoms with Gasteiger partial charge in [-0.15, -0.1) is 0 Å². The Morgan fingerprint density at radius 2 is 1.90 bits per heavy atom. The average molecular weight is 271 g/mol. The Kier molecular flexibility index (Phi) is 4.25. The fraction of sp³-hybridized carbons (Fsp3) is 0.188. The number of rotatable bonds is 5. The number of ether oxygens (including phenoxy) is 2. The third kappa shape index (κ3) is 3.09. The minimum absolute atomic E-state index is 0.0765. The van der Waals surface area contributed by atoms with Crippen molar-refractivity contribution in [3.05, 3.63) is 53.6 Å². The first-order chi connectivity index (χ1) is 9.61. The van der Waals surface area contributed by atoms with Crippen LogP contribution in [0.2, 0.25) is 0 Å². The van der Waals surface area contributed by atoms with Crippen LogP contribution in [0.25, 0.3) is 0 Å². The third-order valence-electron chi connectivity index (χ3n) is 2.96. The topological polar surface area (TPSA) is 61.6 Å². The first-order valence-electron chi connectivity index (χ1n) is 6.27. The van der Waals surface area contributed by atoms with Crippen LogP contribution < -0.4 is 15.2 Å². The van der Waals surface area contributed by atoms with Crippen molar-refractivity contribution >= 4 is 11.5 Å². The van der Waals surface area contributed by atoms with Crippen LogP contribution in [-0.2, 0) is 6.61 Å². The van der Waals surface area contributed by atoms with Gasteiger partial charge in [0.15, 0.2) is 5.78 Å². The summed E-state index contributed by atoms with van der Waals surface area (Å²) in [5.74, 6) is 1.21. The molecule has 0 aliphatic heterocycles. The van der Waals surface area contributed by atoms with E-state index >= 15 is 0 Å². The van der Waals surface area contributed by atoms with Crippen LogP contribution in [0.15, 0.2) is 42.5 Å². The lowest BCUT2D eigenvalue weighted by molar-refractivity contribution is 0.101. The van der Waals surface area contributed by atoms with Gasteiger partial charge < -0.3 is 15.2 Å². The lowest BCUT2D eigenvalue weighted by atomic mass is 10.1. The van der Waals surface area contributed by atoms with Crippen LogP contribution in [0.3, 0.4) is 0 Å². The fourth-order valence-electron chi connectivity index (χ4n) is 1.93. The molecule has 4 nitrogen and oxygen atoms in total. The molecule has 0 bridgehead atoms. The van der Waals surface area contributed by atoms with Crippen molar-refractivity contribution in [2.45, 2.75) is 13.5 Å². The molecule has 20 heavy (non-hydrogen) atoms. The molecule has 0 unspecified atom stereocenters. The van der Waals surface area contributed by atoms with Gasteiger partial charge in [0.1, 0.15) is 18.1 Å². The number of carbonyl (C=O) groups is 1. The van der Waals surface area contributed by atoms with Gasteiger partial charge >= 0.3 is 0 Å². The molecule has 0 atom stereocenters. The maximum absolute atomic E-state index is 11.6. The Bertz CT molecular complexity index is 623. The molecule has 0 saturated carbocycles. The van der Waals surface area contributed by atoms with Gasteiger partial charge in [0.05, 0.1) is 12.7 Å². The molecule has 0 amide bonds. The Morgan fingerprint density at radius 1 is 1.15 bits per heavy atom. The maximum Gasteiger partial charge on any atom is 0.163 e. The maximum atomic E-state index is 11.6. The molecule has 0 spiro atoms. The van der Waals surface area contributed by atoms with E-state index in [0.717, 1.165) is 11.3 Å². The summed E-state index contributed by atoms with van der Waals surface area (Å²) < 4.78 is 11.0. The Labute approximate surface area is 118 Å². The van der Waals surface area contributed by atoms with Crippen molar-refractivity contribution in [1.82, 2.24) is 0 Å². The quantitative estimate of drug-likeness (QED) is 0.670. The molecule has 0 aromatic heterocycles. The summed E-state index contributed by atoms with van der Waals surface area (Å²) in [4.78, 5) is 11.6. The van der Waals surface area contributed by atoms with E-state index in [4.69, 9.17) is 15.2 Å². The number of hydrogen-bond acceptors (Lipinski definition) is 4. The van der Waals surface area contributed by atoms with Gasteiger partial charge in [-0.3, -0.25) is 4.79 Å². The van der Waals surface area contributed by atoms with E-state index < -0.39 is 0 Å². The lowest BCUT2D eigenvalue weighted by Gasteiger charge is -2.12. The fourth-order valence-corrected chi connectivity index (χ4v) is 1.93. The van der Waals surface area contributed by atoms with E-state index in [9.17, 15) is 4.79 Å². The zero-order chi connectivity index (χ0) is 14.5. The van der Waals surface area contributed by atoms with Gasteiger partial charge in [-0.25, -0.2) is 0 Å². The molecule has 4 heteroatoms. The minimum Gasteiger partial charge on any atom is -0.496 e. The highest BCUT2D eigenvalue weighted by atomic mass is 16.5. The van der Waals surface area contributed by atoms with Crippen LogP contribution in [0.4, 0.5) is 5.69 Å². The van der Waals surface area contributed by atoms with Gasteiger partial charge in [0.25, 0.3) is 0 Å². The summed E-state index contributed by atoms with van der Waals surface area (Å²) >= 11 is 0. The number of ketones is 1. The highest BCUT2D eigenvalue weighted by Crippen LogP contribution is 2.25. The van der Waals surface area contributed by atoms with Crippen LogP contribution in [0.1, 0.15) is 22.8 Å². The normalized spacial score (nSPS) is 10.1. The van der Waals surface area contributed by atoms with Gasteiger partial charge in [-0.2, -0.15) is 0 Å². The van der Waals surface area contributed by atoms with Crippen LogP contribution >= 0.6 is 0 Å². The number of hydrogen-bond donors (Lipinski definition) is 1. The van der Waals surface area contributed by atoms with Crippen molar-refractivity contribution in [3.63, 3.8) is 0 Å². The summed E-state index contributed by atoms with van der Waals surface area (Å²) in [7, 11) is 1.61. The van der Waals surface area contributed by atoms with Gasteiger partial charge in [0.2, 0.25) is 0 Å². The SMILES string of the molecule is COc1ccccc1COc1ccc(N)cc1C(C)=O. The molecule has 2 rings (SSSR count). The summed E-state index contributed by atoms with van der Waals surface area (Å²) in [5, 5.41) is 0. The lowest BCUT2D eigenvalue weighted by Crippen LogP contribution is -2.03. The van der Waals surface area contributed by atoms with Crippen LogP contribution in [0.5, 0.6) is 11.5 Å². The first-order valence-corrected chi connectivity index (χ1v) is 6.27. The molecule has 0 heterocycles. The summed E-state index contributed by atoms with van der Waals surface area (Å²) in [6.45, 7) is 1.82. The zero-order valence-electron chi connectivity index (χ0n) is 11.6. The van der Waals surface area contributed by atoms with Gasteiger partial charge in [-0.05, 0) is 31.2 Å². The molecule has 104 valence electrons. The van der Waals surface area contributed by atoms with Crippen molar-refractivity contribution in [3.8, 4) is 11.5 Å². The predicted molar refractivity (Wildman–Crippen MR) is 78.2 cm³/mol. The van der Waals surface area contributed by atoms with E-state index in [1.807, 2.05) is 24.3 Å². The predicted octanol–water partition coefficient (Wildman–Crippen LogP) is 3.06. The highest BCUT2D eigenvalue weighted by molar-refractivity contribution is 5.97. The molecule has 0 fully saturated rings. The Hall–Kier alpha value is -2.49. The van der Waals surface area contributed by atoms with Crippen molar-refractivity contribution in [1.29, 1.82) is 0 Å². The highest BCUT2D eigenvalue weighted by Gasteiger charge is 2.10. The number of carbonyl (C=O) groups excluding carboxylic acids is 1. The van der Waals surface area contributed by atoms with E-state index in [2.05, 4.69) is 0 Å². The number of nitrogen functional groups attached to an aromatic ring is 1. The molecular formula is C16H17NO3. The molecule has 2 aromatic rings. The van der Waals surface area contributed by atoms with Gasteiger partial charge in [0, 0.05) is 11.3 Å². The van der Waals surface area contributed by atoms with E-state index in [-0.39, 0.29) is 5.78 Å². The van der Waals surface area contributed by atoms with Crippen molar-refractivity contribution in [2.75, 3.05) is 12.8 Å². The molecule has 0 aliphatic carbocycles. The second kappa shape index (κ2) is 6.10. The second-order valence-corrected chi connectivity index (χ2v) is 4.41. The molecule has 0 aliphatic rings. The number of para-hydroxylation sites is 1. The number of nitrogens with two attached hydrogens (primary N) is 1.